The summed E-state index contributed by atoms with van der Waals surface area (Å²) in [6.45, 7) is 1.84. The maximum Gasteiger partial charge on any atom is 0.126 e. The summed E-state index contributed by atoms with van der Waals surface area (Å²) in [5.74, 6) is -0.324. The summed E-state index contributed by atoms with van der Waals surface area (Å²) in [7, 11) is 0. The Balaban J connectivity index is 2.22. The third kappa shape index (κ3) is 2.25. The van der Waals surface area contributed by atoms with Crippen LogP contribution in [0.15, 0.2) is 40.7 Å². The van der Waals surface area contributed by atoms with Crippen molar-refractivity contribution in [2.75, 3.05) is 0 Å². The Morgan fingerprint density at radius 3 is 2.87 bits per heavy atom. The van der Waals surface area contributed by atoms with Crippen molar-refractivity contribution < 1.29 is 4.39 Å². The van der Waals surface area contributed by atoms with E-state index in [1.807, 2.05) is 6.92 Å². The molecule has 0 aliphatic rings. The third-order valence-corrected chi connectivity index (χ3v) is 1.88. The first-order valence-corrected chi connectivity index (χ1v) is 4.43. The highest BCUT2D eigenvalue weighted by Gasteiger charge is 1.97. The molecule has 1 aromatic carbocycles. The van der Waals surface area contributed by atoms with E-state index in [1.54, 1.807) is 18.3 Å². The Kier molecular flexibility index (Phi) is 2.53. The van der Waals surface area contributed by atoms with Crippen LogP contribution in [-0.2, 0) is 0 Å². The number of aryl methyl sites for hydroxylation is 1. The zero-order valence-corrected chi connectivity index (χ0v) is 8.11. The fraction of sp³-hybridized carbons (Fsp3) is 0.100. The minimum Gasteiger partial charge on any atom is -0.281 e. The van der Waals surface area contributed by atoms with Gasteiger partial charge < -0.3 is 0 Å². The summed E-state index contributed by atoms with van der Waals surface area (Å²) in [5.41, 5.74) is 1.96. The predicted octanol–water partition coefficient (Wildman–Crippen LogP) is 3.27. The van der Waals surface area contributed by atoms with Crippen molar-refractivity contribution in [1.29, 1.82) is 0 Å². The number of azo groups is 1. The number of aromatic amines is 1. The van der Waals surface area contributed by atoms with Crippen LogP contribution in [0.3, 0.4) is 0 Å². The molecule has 2 aromatic rings. The summed E-state index contributed by atoms with van der Waals surface area (Å²) in [6.07, 6.45) is 1.57. The first kappa shape index (κ1) is 9.51. The van der Waals surface area contributed by atoms with Gasteiger partial charge in [-0.25, -0.2) is 4.39 Å². The Hall–Kier alpha value is -2.04. The lowest BCUT2D eigenvalue weighted by molar-refractivity contribution is 0.628. The summed E-state index contributed by atoms with van der Waals surface area (Å²) in [5, 5.41) is 14.4. The quantitative estimate of drug-likeness (QED) is 0.750. The van der Waals surface area contributed by atoms with E-state index in [1.165, 1.54) is 12.1 Å². The van der Waals surface area contributed by atoms with Crippen molar-refractivity contribution in [3.05, 3.63) is 42.0 Å². The molecule has 0 aliphatic heterocycles. The van der Waals surface area contributed by atoms with Gasteiger partial charge in [0.15, 0.2) is 0 Å². The third-order valence-electron chi connectivity index (χ3n) is 1.88. The standard InChI is InChI=1S/C10H9FN4/c1-7-10(6-12-13-7)15-14-9-4-2-3-8(11)5-9/h2-6H,1H3,(H,12,13). The molecule has 1 N–H and O–H groups in total. The summed E-state index contributed by atoms with van der Waals surface area (Å²) in [4.78, 5) is 0. The molecule has 15 heavy (non-hydrogen) atoms. The van der Waals surface area contributed by atoms with Crippen molar-refractivity contribution in [3.8, 4) is 0 Å². The molecule has 0 unspecified atom stereocenters. The lowest BCUT2D eigenvalue weighted by Crippen LogP contribution is -1.70. The van der Waals surface area contributed by atoms with Crippen LogP contribution in [0.2, 0.25) is 0 Å². The van der Waals surface area contributed by atoms with Gasteiger partial charge in [0.1, 0.15) is 11.5 Å². The minimum atomic E-state index is -0.324. The average Bonchev–Trinajstić information content (AvgIpc) is 2.61. The molecule has 0 fully saturated rings. The molecule has 0 spiro atoms. The number of nitrogens with zero attached hydrogens (tertiary/aromatic N) is 3. The number of hydrogen-bond donors (Lipinski definition) is 1. The molecule has 0 saturated heterocycles. The molecule has 1 aromatic heterocycles. The molecule has 0 amide bonds. The van der Waals surface area contributed by atoms with Crippen LogP contribution >= 0.6 is 0 Å². The molecule has 0 atom stereocenters. The van der Waals surface area contributed by atoms with E-state index in [4.69, 9.17) is 0 Å². The summed E-state index contributed by atoms with van der Waals surface area (Å²) < 4.78 is 12.8. The SMILES string of the molecule is Cc1[nH]ncc1N=Nc1cccc(F)c1. The van der Waals surface area contributed by atoms with E-state index in [2.05, 4.69) is 20.4 Å². The lowest BCUT2D eigenvalue weighted by atomic mass is 10.3. The number of hydrogen-bond acceptors (Lipinski definition) is 3. The van der Waals surface area contributed by atoms with Crippen molar-refractivity contribution in [1.82, 2.24) is 10.2 Å². The summed E-state index contributed by atoms with van der Waals surface area (Å²) >= 11 is 0. The first-order chi connectivity index (χ1) is 7.25. The van der Waals surface area contributed by atoms with E-state index in [9.17, 15) is 4.39 Å². The van der Waals surface area contributed by atoms with Gasteiger partial charge in [-0.3, -0.25) is 5.10 Å². The first-order valence-electron chi connectivity index (χ1n) is 4.43. The van der Waals surface area contributed by atoms with Crippen LogP contribution in [0.4, 0.5) is 15.8 Å². The van der Waals surface area contributed by atoms with E-state index in [0.717, 1.165) is 5.69 Å². The van der Waals surface area contributed by atoms with E-state index in [0.29, 0.717) is 11.4 Å². The van der Waals surface area contributed by atoms with Gasteiger partial charge in [-0.1, -0.05) is 6.07 Å². The smallest absolute Gasteiger partial charge is 0.126 e. The number of rotatable bonds is 2. The maximum absolute atomic E-state index is 12.8. The van der Waals surface area contributed by atoms with Crippen LogP contribution < -0.4 is 0 Å². The normalized spacial score (nSPS) is 11.1. The molecule has 0 saturated carbocycles. The molecule has 2 rings (SSSR count). The Labute approximate surface area is 85.9 Å². The van der Waals surface area contributed by atoms with Gasteiger partial charge in [-0.05, 0) is 19.1 Å². The Morgan fingerprint density at radius 2 is 2.20 bits per heavy atom. The molecule has 4 nitrogen and oxygen atoms in total. The fourth-order valence-electron chi connectivity index (χ4n) is 1.10. The van der Waals surface area contributed by atoms with Gasteiger partial charge in [0.2, 0.25) is 0 Å². The molecular formula is C10H9FN4. The number of aromatic nitrogens is 2. The van der Waals surface area contributed by atoms with Gasteiger partial charge in [-0.2, -0.15) is 10.2 Å². The van der Waals surface area contributed by atoms with Crippen LogP contribution in [-0.4, -0.2) is 10.2 Å². The average molecular weight is 204 g/mol. The number of H-pyrrole nitrogens is 1. The van der Waals surface area contributed by atoms with Gasteiger partial charge in [0, 0.05) is 6.07 Å². The molecule has 0 aliphatic carbocycles. The topological polar surface area (TPSA) is 53.4 Å². The minimum absolute atomic E-state index is 0.324. The molecule has 0 bridgehead atoms. The van der Waals surface area contributed by atoms with Crippen LogP contribution in [0.5, 0.6) is 0 Å². The molecule has 5 heteroatoms. The Morgan fingerprint density at radius 1 is 1.33 bits per heavy atom. The van der Waals surface area contributed by atoms with Crippen molar-refractivity contribution in [2.24, 2.45) is 10.2 Å². The maximum atomic E-state index is 12.8. The van der Waals surface area contributed by atoms with Crippen molar-refractivity contribution in [3.63, 3.8) is 0 Å². The van der Waals surface area contributed by atoms with E-state index in [-0.39, 0.29) is 5.82 Å². The van der Waals surface area contributed by atoms with Crippen molar-refractivity contribution in [2.45, 2.75) is 6.92 Å². The summed E-state index contributed by atoms with van der Waals surface area (Å²) in [6, 6.07) is 5.95. The molecule has 0 radical (unpaired) electrons. The highest BCUT2D eigenvalue weighted by Crippen LogP contribution is 2.19. The monoisotopic (exact) mass is 204 g/mol. The molecule has 1 heterocycles. The molecule has 76 valence electrons. The zero-order valence-electron chi connectivity index (χ0n) is 8.11. The zero-order chi connectivity index (χ0) is 10.7. The van der Waals surface area contributed by atoms with Gasteiger partial charge in [-0.15, -0.1) is 5.11 Å². The number of nitrogens with one attached hydrogen (secondary N) is 1. The van der Waals surface area contributed by atoms with Crippen LogP contribution in [0, 0.1) is 12.7 Å². The number of benzene rings is 1. The Bertz CT molecular complexity index is 490. The number of halogens is 1. The second-order valence-electron chi connectivity index (χ2n) is 3.06. The largest absolute Gasteiger partial charge is 0.281 e. The highest BCUT2D eigenvalue weighted by molar-refractivity contribution is 5.40. The second-order valence-corrected chi connectivity index (χ2v) is 3.06. The van der Waals surface area contributed by atoms with E-state index < -0.39 is 0 Å². The van der Waals surface area contributed by atoms with Gasteiger partial charge in [0.25, 0.3) is 0 Å². The van der Waals surface area contributed by atoms with Crippen LogP contribution in [0.1, 0.15) is 5.69 Å². The fourth-order valence-corrected chi connectivity index (χ4v) is 1.10. The van der Waals surface area contributed by atoms with E-state index >= 15 is 0 Å². The predicted molar refractivity (Wildman–Crippen MR) is 53.9 cm³/mol. The molecular weight excluding hydrogens is 195 g/mol. The highest BCUT2D eigenvalue weighted by atomic mass is 19.1. The van der Waals surface area contributed by atoms with Crippen LogP contribution in [0.25, 0.3) is 0 Å². The van der Waals surface area contributed by atoms with Gasteiger partial charge >= 0.3 is 0 Å². The van der Waals surface area contributed by atoms with Gasteiger partial charge in [0.05, 0.1) is 17.6 Å². The lowest BCUT2D eigenvalue weighted by Gasteiger charge is -1.91. The van der Waals surface area contributed by atoms with Crippen molar-refractivity contribution >= 4 is 11.4 Å². The second kappa shape index (κ2) is 4.00.